The minimum Gasteiger partial charge on any atom is -0.490 e. The van der Waals surface area contributed by atoms with E-state index < -0.39 is 35.0 Å². The number of hydrogen-bond acceptors (Lipinski definition) is 7. The van der Waals surface area contributed by atoms with Gasteiger partial charge in [-0.1, -0.05) is 35.1 Å². The van der Waals surface area contributed by atoms with E-state index in [1.54, 1.807) is 18.2 Å². The lowest BCUT2D eigenvalue weighted by molar-refractivity contribution is -0.140. The van der Waals surface area contributed by atoms with Gasteiger partial charge >= 0.3 is 12.1 Å². The Morgan fingerprint density at radius 3 is 2.40 bits per heavy atom. The third-order valence-corrected chi connectivity index (χ3v) is 7.74. The molecule has 0 fully saturated rings. The molecule has 0 aliphatic carbocycles. The van der Waals surface area contributed by atoms with E-state index in [9.17, 15) is 22.8 Å². The van der Waals surface area contributed by atoms with E-state index >= 15 is 0 Å². The molecule has 2 heterocycles. The van der Waals surface area contributed by atoms with E-state index in [0.717, 1.165) is 19.5 Å². The van der Waals surface area contributed by atoms with E-state index in [-0.39, 0.29) is 21.5 Å². The van der Waals surface area contributed by atoms with Gasteiger partial charge in [-0.3, -0.25) is 9.36 Å². The Bertz CT molecular complexity index is 1650. The molecule has 0 radical (unpaired) electrons. The third kappa shape index (κ3) is 6.08. The van der Waals surface area contributed by atoms with E-state index in [1.165, 1.54) is 31.2 Å². The monoisotopic (exact) mass is 706 g/mol. The Labute approximate surface area is 249 Å². The van der Waals surface area contributed by atoms with Crippen LogP contribution in [0.4, 0.5) is 13.2 Å². The van der Waals surface area contributed by atoms with Crippen LogP contribution in [0.3, 0.4) is 0 Å². The van der Waals surface area contributed by atoms with Crippen LogP contribution in [0.25, 0.3) is 6.08 Å². The first kappa shape index (κ1) is 30.1. The summed E-state index contributed by atoms with van der Waals surface area (Å²) in [7, 11) is 0. The van der Waals surface area contributed by atoms with Gasteiger partial charge in [-0.15, -0.1) is 0 Å². The van der Waals surface area contributed by atoms with Gasteiger partial charge in [0.05, 0.1) is 39.5 Å². The largest absolute Gasteiger partial charge is 0.490 e. The highest BCUT2D eigenvalue weighted by atomic mass is 127. The number of aromatic nitrogens is 1. The van der Waals surface area contributed by atoms with E-state index in [4.69, 9.17) is 25.8 Å². The molecule has 1 aliphatic heterocycles. The number of nitrogens with zero attached hydrogens (tertiary/aromatic N) is 2. The molecule has 13 heteroatoms. The number of carbonyl (C=O) groups is 1. The molecular weight excluding hydrogens is 684 g/mol. The standard InChI is InChI=1S/C27H23ClF3IN2O5S/c1-4-37-18-12-14(11-17(32)22(18)38-5-2)13-19-24(35)34-21(15-7-9-16(28)10-8-15)20(25(36)39-6-3)23(27(29,30)31)33-26(34)40-19/h7-13,21H,4-6H2,1-3H3/b19-13-/t21-/m0/s1. The molecule has 1 aliphatic rings. The maximum Gasteiger partial charge on any atom is 0.434 e. The fraction of sp³-hybridized carbons (Fsp3) is 0.296. The summed E-state index contributed by atoms with van der Waals surface area (Å²) in [6.45, 7) is 5.78. The Balaban J connectivity index is 2.00. The van der Waals surface area contributed by atoms with Crippen molar-refractivity contribution in [1.82, 2.24) is 4.57 Å². The summed E-state index contributed by atoms with van der Waals surface area (Å²) in [4.78, 5) is 30.2. The lowest BCUT2D eigenvalue weighted by atomic mass is 9.95. The van der Waals surface area contributed by atoms with Crippen LogP contribution < -0.4 is 24.4 Å². The minimum absolute atomic E-state index is 0.117. The van der Waals surface area contributed by atoms with Crippen molar-refractivity contribution >= 4 is 57.6 Å². The molecule has 1 aromatic heterocycles. The van der Waals surface area contributed by atoms with E-state index in [2.05, 4.69) is 27.6 Å². The highest BCUT2D eigenvalue weighted by Gasteiger charge is 2.45. The maximum atomic E-state index is 14.3. The number of alkyl halides is 3. The number of thiazole rings is 1. The third-order valence-electron chi connectivity index (χ3n) is 5.70. The summed E-state index contributed by atoms with van der Waals surface area (Å²) in [5.41, 5.74) is -1.98. The number of fused-ring (bicyclic) bond motifs is 1. The number of carbonyl (C=O) groups excluding carboxylic acids is 1. The zero-order valence-electron chi connectivity index (χ0n) is 21.5. The maximum absolute atomic E-state index is 14.3. The highest BCUT2D eigenvalue weighted by molar-refractivity contribution is 14.1. The summed E-state index contributed by atoms with van der Waals surface area (Å²) in [5.74, 6) is -0.186. The number of rotatable bonds is 8. The summed E-state index contributed by atoms with van der Waals surface area (Å²) in [5, 5.41) is 0.337. The fourth-order valence-electron chi connectivity index (χ4n) is 4.17. The quantitative estimate of drug-likeness (QED) is 0.232. The number of ether oxygens (including phenoxy) is 3. The number of esters is 1. The van der Waals surface area contributed by atoms with Gasteiger partial charge in [0, 0.05) is 5.02 Å². The van der Waals surface area contributed by atoms with Gasteiger partial charge in [-0.25, -0.2) is 9.79 Å². The molecule has 3 aromatic rings. The molecule has 0 amide bonds. The van der Waals surface area contributed by atoms with Crippen LogP contribution in [-0.2, 0) is 9.53 Å². The lowest BCUT2D eigenvalue weighted by Crippen LogP contribution is -2.41. The number of allylic oxidation sites excluding steroid dienone is 1. The van der Waals surface area contributed by atoms with Gasteiger partial charge < -0.3 is 14.2 Å². The molecule has 40 heavy (non-hydrogen) atoms. The molecular formula is C27H23ClF3IN2O5S. The zero-order chi connectivity index (χ0) is 29.2. The number of benzene rings is 2. The normalized spacial score (nSPS) is 15.5. The van der Waals surface area contributed by atoms with Crippen molar-refractivity contribution in [2.45, 2.75) is 33.0 Å². The topological polar surface area (TPSA) is 79.1 Å². The lowest BCUT2D eigenvalue weighted by Gasteiger charge is -2.26. The first-order valence-corrected chi connectivity index (χ1v) is 14.4. The van der Waals surface area contributed by atoms with Crippen molar-refractivity contribution in [3.63, 3.8) is 0 Å². The van der Waals surface area contributed by atoms with Gasteiger partial charge in [0.2, 0.25) is 0 Å². The highest BCUT2D eigenvalue weighted by Crippen LogP contribution is 2.39. The second-order valence-corrected chi connectivity index (χ2v) is 10.9. The summed E-state index contributed by atoms with van der Waals surface area (Å²) in [6, 6.07) is 7.90. The van der Waals surface area contributed by atoms with Gasteiger partial charge in [0.25, 0.3) is 5.56 Å². The SMILES string of the molecule is CCOC(=O)C1=C(C(F)(F)F)N=c2s/c(=C\c3cc(I)c(OCC)c(OCC)c3)c(=O)n2[C@H]1c1ccc(Cl)cc1. The molecule has 0 unspecified atom stereocenters. The molecule has 1 atom stereocenters. The minimum atomic E-state index is -4.99. The van der Waals surface area contributed by atoms with Crippen LogP contribution in [0.2, 0.25) is 5.02 Å². The van der Waals surface area contributed by atoms with Gasteiger partial charge in [-0.05, 0) is 84.8 Å². The van der Waals surface area contributed by atoms with Crippen LogP contribution in [0.5, 0.6) is 11.5 Å². The van der Waals surface area contributed by atoms with Crippen LogP contribution in [0.1, 0.15) is 37.9 Å². The molecule has 0 saturated heterocycles. The molecule has 0 bridgehead atoms. The second kappa shape index (κ2) is 12.4. The zero-order valence-corrected chi connectivity index (χ0v) is 25.2. The van der Waals surface area contributed by atoms with Crippen molar-refractivity contribution in [2.24, 2.45) is 4.99 Å². The predicted octanol–water partition coefficient (Wildman–Crippen LogP) is 5.40. The first-order valence-electron chi connectivity index (χ1n) is 12.1. The molecule has 7 nitrogen and oxygen atoms in total. The Kier molecular flexibility index (Phi) is 9.30. The van der Waals surface area contributed by atoms with Crippen LogP contribution in [-0.4, -0.2) is 36.5 Å². The van der Waals surface area contributed by atoms with Gasteiger partial charge in [-0.2, -0.15) is 13.2 Å². The van der Waals surface area contributed by atoms with Crippen molar-refractivity contribution in [2.75, 3.05) is 19.8 Å². The summed E-state index contributed by atoms with van der Waals surface area (Å²) >= 11 is 8.89. The average molecular weight is 707 g/mol. The Morgan fingerprint density at radius 1 is 1.12 bits per heavy atom. The van der Waals surface area contributed by atoms with Crippen molar-refractivity contribution in [3.05, 3.63) is 87.1 Å². The average Bonchev–Trinajstić information content (AvgIpc) is 3.20. The predicted molar refractivity (Wildman–Crippen MR) is 154 cm³/mol. The summed E-state index contributed by atoms with van der Waals surface area (Å²) in [6.07, 6.45) is -3.44. The molecule has 0 saturated carbocycles. The van der Waals surface area contributed by atoms with Crippen molar-refractivity contribution < 1.29 is 32.2 Å². The number of hydrogen-bond donors (Lipinski definition) is 0. The molecule has 2 aromatic carbocycles. The first-order chi connectivity index (χ1) is 19.0. The van der Waals surface area contributed by atoms with Crippen LogP contribution in [0.15, 0.2) is 57.5 Å². The molecule has 4 rings (SSSR count). The van der Waals surface area contributed by atoms with E-state index in [0.29, 0.717) is 35.3 Å². The molecule has 0 spiro atoms. The Morgan fingerprint density at radius 2 is 1.80 bits per heavy atom. The summed E-state index contributed by atoms with van der Waals surface area (Å²) < 4.78 is 61.1. The Hall–Kier alpha value is -2.84. The number of halogens is 5. The van der Waals surface area contributed by atoms with Crippen LogP contribution in [0, 0.1) is 3.57 Å². The van der Waals surface area contributed by atoms with Crippen molar-refractivity contribution in [3.8, 4) is 11.5 Å². The molecule has 212 valence electrons. The fourth-order valence-corrected chi connectivity index (χ4v) is 6.08. The van der Waals surface area contributed by atoms with Crippen molar-refractivity contribution in [1.29, 1.82) is 0 Å². The van der Waals surface area contributed by atoms with E-state index in [1.807, 2.05) is 13.8 Å². The second-order valence-electron chi connectivity index (χ2n) is 8.31. The van der Waals surface area contributed by atoms with Gasteiger partial charge in [0.1, 0.15) is 0 Å². The van der Waals surface area contributed by atoms with Crippen LogP contribution >= 0.6 is 45.5 Å². The smallest absolute Gasteiger partial charge is 0.434 e. The van der Waals surface area contributed by atoms with Gasteiger partial charge in [0.15, 0.2) is 22.0 Å². The molecule has 0 N–H and O–H groups in total.